The van der Waals surface area contributed by atoms with Crippen molar-refractivity contribution in [3.63, 3.8) is 0 Å². The van der Waals surface area contributed by atoms with Crippen LogP contribution in [0.2, 0.25) is 0 Å². The largest absolute Gasteiger partial charge is 0.479 e. The third-order valence-electron chi connectivity index (χ3n) is 3.11. The quantitative estimate of drug-likeness (QED) is 0.598. The molecule has 2 atom stereocenters. The highest BCUT2D eigenvalue weighted by Gasteiger charge is 2.26. The Balaban J connectivity index is 2.31. The molecule has 1 heterocycles. The molecule has 0 spiro atoms. The van der Waals surface area contributed by atoms with Gasteiger partial charge in [-0.25, -0.2) is 9.59 Å². The Morgan fingerprint density at radius 2 is 2.28 bits per heavy atom. The molecule has 0 saturated carbocycles. The number of aliphatic hydroxyl groups excluding tert-OH is 1. The van der Waals surface area contributed by atoms with E-state index in [1.54, 1.807) is 4.90 Å². The monoisotopic (exact) mass is 260 g/mol. The number of ether oxygens (including phenoxy) is 1. The maximum absolute atomic E-state index is 11.7. The zero-order valence-corrected chi connectivity index (χ0v) is 10.5. The second-order valence-electron chi connectivity index (χ2n) is 4.36. The molecule has 0 radical (unpaired) electrons. The van der Waals surface area contributed by atoms with Crippen LogP contribution in [0.15, 0.2) is 0 Å². The first-order valence-electron chi connectivity index (χ1n) is 5.97. The summed E-state index contributed by atoms with van der Waals surface area (Å²) in [6.07, 6.45) is 0.546. The first kappa shape index (κ1) is 14.7. The number of carboxylic acid groups (broad SMARTS) is 1. The molecule has 3 N–H and O–H groups in total. The number of carbonyl (C=O) groups is 2. The van der Waals surface area contributed by atoms with Gasteiger partial charge in [0.15, 0.2) is 6.10 Å². The maximum Gasteiger partial charge on any atom is 0.334 e. The number of hydrogen-bond donors (Lipinski definition) is 3. The van der Waals surface area contributed by atoms with Crippen molar-refractivity contribution in [3.05, 3.63) is 0 Å². The van der Waals surface area contributed by atoms with Gasteiger partial charge in [-0.2, -0.15) is 0 Å². The third kappa shape index (κ3) is 4.15. The molecule has 18 heavy (non-hydrogen) atoms. The number of aliphatic carboxylic acids is 1. The molecule has 7 heteroatoms. The SMILES string of the molecule is COC(CNC(=O)N1CCC(CCO)C1)C(=O)O. The summed E-state index contributed by atoms with van der Waals surface area (Å²) in [5.74, 6) is -0.768. The number of nitrogens with zero attached hydrogens (tertiary/aromatic N) is 1. The molecule has 0 aliphatic carbocycles. The number of urea groups is 1. The van der Waals surface area contributed by atoms with Crippen molar-refractivity contribution in [2.45, 2.75) is 18.9 Å². The van der Waals surface area contributed by atoms with Crippen LogP contribution < -0.4 is 5.32 Å². The van der Waals surface area contributed by atoms with Crippen molar-refractivity contribution in [2.75, 3.05) is 33.4 Å². The highest BCUT2D eigenvalue weighted by molar-refractivity contribution is 5.77. The zero-order chi connectivity index (χ0) is 13.5. The molecule has 1 fully saturated rings. The Bertz CT molecular complexity index is 297. The molecule has 0 aromatic rings. The lowest BCUT2D eigenvalue weighted by molar-refractivity contribution is -0.148. The van der Waals surface area contributed by atoms with Crippen molar-refractivity contribution in [2.24, 2.45) is 5.92 Å². The second-order valence-corrected chi connectivity index (χ2v) is 4.36. The average Bonchev–Trinajstić information content (AvgIpc) is 2.78. The molecule has 1 aliphatic heterocycles. The maximum atomic E-state index is 11.7. The van der Waals surface area contributed by atoms with E-state index in [2.05, 4.69) is 5.32 Å². The van der Waals surface area contributed by atoms with Crippen LogP contribution in [0.3, 0.4) is 0 Å². The Kier molecular flexibility index (Phi) is 5.87. The summed E-state index contributed by atoms with van der Waals surface area (Å²) in [6.45, 7) is 1.33. The molecule has 0 bridgehead atoms. The molecule has 7 nitrogen and oxygen atoms in total. The minimum Gasteiger partial charge on any atom is -0.479 e. The summed E-state index contributed by atoms with van der Waals surface area (Å²) in [4.78, 5) is 24.1. The van der Waals surface area contributed by atoms with E-state index in [1.165, 1.54) is 7.11 Å². The Hall–Kier alpha value is -1.34. The molecule has 2 unspecified atom stereocenters. The van der Waals surface area contributed by atoms with Gasteiger partial charge >= 0.3 is 12.0 Å². The van der Waals surface area contributed by atoms with Gasteiger partial charge in [0.2, 0.25) is 0 Å². The zero-order valence-electron chi connectivity index (χ0n) is 10.5. The fraction of sp³-hybridized carbons (Fsp3) is 0.818. The number of likely N-dealkylation sites (tertiary alicyclic amines) is 1. The lowest BCUT2D eigenvalue weighted by Crippen LogP contribution is -2.44. The van der Waals surface area contributed by atoms with E-state index in [0.717, 1.165) is 6.42 Å². The first-order valence-corrected chi connectivity index (χ1v) is 5.97. The van der Waals surface area contributed by atoms with Gasteiger partial charge < -0.3 is 25.2 Å². The minimum atomic E-state index is -1.10. The number of aliphatic hydroxyl groups is 1. The van der Waals surface area contributed by atoms with Crippen molar-refractivity contribution in [1.82, 2.24) is 10.2 Å². The highest BCUT2D eigenvalue weighted by Crippen LogP contribution is 2.18. The van der Waals surface area contributed by atoms with Gasteiger partial charge in [-0.3, -0.25) is 0 Å². The van der Waals surface area contributed by atoms with E-state index in [4.69, 9.17) is 14.9 Å². The molecule has 2 amide bonds. The average molecular weight is 260 g/mol. The van der Waals surface area contributed by atoms with E-state index in [9.17, 15) is 9.59 Å². The third-order valence-corrected chi connectivity index (χ3v) is 3.11. The Morgan fingerprint density at radius 3 is 2.83 bits per heavy atom. The summed E-state index contributed by atoms with van der Waals surface area (Å²) in [7, 11) is 1.29. The predicted octanol–water partition coefficient (Wildman–Crippen LogP) is -0.500. The number of carboxylic acids is 1. The standard InChI is InChI=1S/C11H20N2O5/c1-18-9(10(15)16)6-12-11(17)13-4-2-8(7-13)3-5-14/h8-9,14H,2-7H2,1H3,(H,12,17)(H,15,16). The summed E-state index contributed by atoms with van der Waals surface area (Å²) < 4.78 is 4.72. The topological polar surface area (TPSA) is 99.1 Å². The van der Waals surface area contributed by atoms with Gasteiger partial charge in [0, 0.05) is 26.8 Å². The van der Waals surface area contributed by atoms with E-state index in [0.29, 0.717) is 25.4 Å². The van der Waals surface area contributed by atoms with Crippen LogP contribution in [0.25, 0.3) is 0 Å². The number of methoxy groups -OCH3 is 1. The Labute approximate surface area is 106 Å². The lowest BCUT2D eigenvalue weighted by atomic mass is 10.1. The van der Waals surface area contributed by atoms with Crippen LogP contribution in [-0.2, 0) is 9.53 Å². The number of carbonyl (C=O) groups excluding carboxylic acids is 1. The minimum absolute atomic E-state index is 0.0498. The molecular weight excluding hydrogens is 240 g/mol. The number of hydrogen-bond acceptors (Lipinski definition) is 4. The van der Waals surface area contributed by atoms with Crippen LogP contribution in [0.5, 0.6) is 0 Å². The van der Waals surface area contributed by atoms with E-state index in [-0.39, 0.29) is 19.2 Å². The molecule has 0 aromatic heterocycles. The summed E-state index contributed by atoms with van der Waals surface area (Å²) in [5.41, 5.74) is 0. The van der Waals surface area contributed by atoms with Crippen LogP contribution >= 0.6 is 0 Å². The number of amides is 2. The van der Waals surface area contributed by atoms with Crippen molar-refractivity contribution >= 4 is 12.0 Å². The fourth-order valence-electron chi connectivity index (χ4n) is 2.00. The van der Waals surface area contributed by atoms with Gasteiger partial charge in [0.25, 0.3) is 0 Å². The van der Waals surface area contributed by atoms with Gasteiger partial charge in [0.05, 0.1) is 6.54 Å². The van der Waals surface area contributed by atoms with Crippen molar-refractivity contribution < 1.29 is 24.5 Å². The van der Waals surface area contributed by atoms with Gasteiger partial charge in [-0.1, -0.05) is 0 Å². The molecule has 1 rings (SSSR count). The van der Waals surface area contributed by atoms with Crippen LogP contribution in [-0.4, -0.2) is 66.6 Å². The van der Waals surface area contributed by atoms with E-state index in [1.807, 2.05) is 0 Å². The molecular formula is C11H20N2O5. The van der Waals surface area contributed by atoms with Gasteiger partial charge in [0.1, 0.15) is 0 Å². The van der Waals surface area contributed by atoms with Crippen molar-refractivity contribution in [3.8, 4) is 0 Å². The molecule has 104 valence electrons. The van der Waals surface area contributed by atoms with Gasteiger partial charge in [-0.15, -0.1) is 0 Å². The second kappa shape index (κ2) is 7.17. The fourth-order valence-corrected chi connectivity index (χ4v) is 2.00. The van der Waals surface area contributed by atoms with Crippen molar-refractivity contribution in [1.29, 1.82) is 0 Å². The number of nitrogens with one attached hydrogen (secondary N) is 1. The smallest absolute Gasteiger partial charge is 0.334 e. The predicted molar refractivity (Wildman–Crippen MR) is 63.2 cm³/mol. The van der Waals surface area contributed by atoms with E-state index >= 15 is 0 Å². The summed E-state index contributed by atoms with van der Waals surface area (Å²) in [6, 6.07) is -0.279. The molecule has 1 aliphatic rings. The lowest BCUT2D eigenvalue weighted by Gasteiger charge is -2.19. The molecule has 1 saturated heterocycles. The summed E-state index contributed by atoms with van der Waals surface area (Å²) >= 11 is 0. The number of rotatable bonds is 6. The van der Waals surface area contributed by atoms with Crippen LogP contribution in [0.4, 0.5) is 4.79 Å². The first-order chi connectivity index (χ1) is 8.58. The Morgan fingerprint density at radius 1 is 1.56 bits per heavy atom. The van der Waals surface area contributed by atoms with Crippen LogP contribution in [0, 0.1) is 5.92 Å². The summed E-state index contributed by atoms with van der Waals surface area (Å²) in [5, 5.41) is 20.1. The van der Waals surface area contributed by atoms with Gasteiger partial charge in [-0.05, 0) is 18.8 Å². The van der Waals surface area contributed by atoms with E-state index < -0.39 is 12.1 Å². The normalized spacial score (nSPS) is 20.8. The van der Waals surface area contributed by atoms with Crippen LogP contribution in [0.1, 0.15) is 12.8 Å². The molecule has 0 aromatic carbocycles. The highest BCUT2D eigenvalue weighted by atomic mass is 16.5.